The number of nitrogens with one attached hydrogen (secondary N) is 2. The van der Waals surface area contributed by atoms with Gasteiger partial charge in [-0.15, -0.1) is 0 Å². The van der Waals surface area contributed by atoms with Crippen molar-refractivity contribution in [3.8, 4) is 11.3 Å². The molecule has 5 nitrogen and oxygen atoms in total. The lowest BCUT2D eigenvalue weighted by atomic mass is 9.96. The fourth-order valence-electron chi connectivity index (χ4n) is 3.49. The molecule has 0 spiro atoms. The zero-order valence-electron chi connectivity index (χ0n) is 14.1. The monoisotopic (exact) mass is 334 g/mol. The quantitative estimate of drug-likeness (QED) is 0.743. The Balaban J connectivity index is 1.64. The highest BCUT2D eigenvalue weighted by Crippen LogP contribution is 2.28. The lowest BCUT2D eigenvalue weighted by molar-refractivity contribution is 0.244. The number of fused-ring (bicyclic) bond motifs is 1. The van der Waals surface area contributed by atoms with Crippen molar-refractivity contribution >= 4 is 17.5 Å². The molecule has 1 aromatic carbocycles. The van der Waals surface area contributed by atoms with E-state index in [4.69, 9.17) is 4.98 Å². The molecule has 0 radical (unpaired) electrons. The molecule has 0 unspecified atom stereocenters. The summed E-state index contributed by atoms with van der Waals surface area (Å²) in [5, 5.41) is 6.14. The van der Waals surface area contributed by atoms with Crippen LogP contribution in [-0.4, -0.2) is 21.5 Å². The number of carbonyl (C=O) groups is 1. The molecule has 0 saturated heterocycles. The van der Waals surface area contributed by atoms with Crippen LogP contribution in [0.4, 0.5) is 10.6 Å². The molecule has 0 atom stereocenters. The van der Waals surface area contributed by atoms with Crippen molar-refractivity contribution in [2.45, 2.75) is 38.1 Å². The van der Waals surface area contributed by atoms with Crippen LogP contribution in [0, 0.1) is 0 Å². The van der Waals surface area contributed by atoms with E-state index >= 15 is 0 Å². The van der Waals surface area contributed by atoms with E-state index in [0.29, 0.717) is 5.82 Å². The summed E-state index contributed by atoms with van der Waals surface area (Å²) in [6.45, 7) is 0. The zero-order chi connectivity index (χ0) is 17.1. The van der Waals surface area contributed by atoms with Crippen molar-refractivity contribution in [1.82, 2.24) is 14.7 Å². The largest absolute Gasteiger partial charge is 0.335 e. The Morgan fingerprint density at radius 3 is 2.56 bits per heavy atom. The topological polar surface area (TPSA) is 58.4 Å². The molecular weight excluding hydrogens is 312 g/mol. The van der Waals surface area contributed by atoms with Crippen LogP contribution in [0.3, 0.4) is 0 Å². The summed E-state index contributed by atoms with van der Waals surface area (Å²) in [4.78, 5) is 17.2. The molecule has 2 heterocycles. The van der Waals surface area contributed by atoms with Crippen LogP contribution in [0.25, 0.3) is 16.9 Å². The van der Waals surface area contributed by atoms with Gasteiger partial charge in [0.2, 0.25) is 0 Å². The summed E-state index contributed by atoms with van der Waals surface area (Å²) in [5.74, 6) is 0.704. The Morgan fingerprint density at radius 2 is 1.76 bits per heavy atom. The number of rotatable bonds is 3. The van der Waals surface area contributed by atoms with Crippen LogP contribution in [0.15, 0.2) is 54.7 Å². The molecule has 2 aromatic heterocycles. The van der Waals surface area contributed by atoms with Gasteiger partial charge in [-0.05, 0) is 25.0 Å². The van der Waals surface area contributed by atoms with Crippen molar-refractivity contribution in [1.29, 1.82) is 0 Å². The normalized spacial score (nSPS) is 15.2. The first-order valence-corrected chi connectivity index (χ1v) is 8.91. The second-order valence-electron chi connectivity index (χ2n) is 6.54. The number of benzene rings is 1. The minimum atomic E-state index is -0.158. The van der Waals surface area contributed by atoms with Gasteiger partial charge in [0, 0.05) is 17.8 Å². The Labute approximate surface area is 147 Å². The number of urea groups is 1. The number of pyridine rings is 1. The molecule has 0 bridgehead atoms. The fourth-order valence-corrected chi connectivity index (χ4v) is 3.49. The lowest BCUT2D eigenvalue weighted by Gasteiger charge is -2.22. The summed E-state index contributed by atoms with van der Waals surface area (Å²) in [6.07, 6.45) is 7.69. The van der Waals surface area contributed by atoms with Gasteiger partial charge in [0.15, 0.2) is 0 Å². The molecule has 1 fully saturated rings. The van der Waals surface area contributed by atoms with Crippen molar-refractivity contribution < 1.29 is 4.79 Å². The van der Waals surface area contributed by atoms with Crippen LogP contribution in [0.1, 0.15) is 32.1 Å². The number of hydrogen-bond donors (Lipinski definition) is 2. The number of nitrogens with zero attached hydrogens (tertiary/aromatic N) is 2. The number of imidazole rings is 1. The summed E-state index contributed by atoms with van der Waals surface area (Å²) >= 11 is 0. The molecule has 3 aromatic rings. The van der Waals surface area contributed by atoms with E-state index in [2.05, 4.69) is 10.6 Å². The Morgan fingerprint density at radius 1 is 1.00 bits per heavy atom. The standard InChI is InChI=1S/C20H22N4O/c25-20(21-16-11-5-2-6-12-16)23-19-18(15-9-3-1-4-10-15)22-17-13-7-8-14-24(17)19/h1,3-4,7-10,13-14,16H,2,5-6,11-12H2,(H2,21,23,25). The van der Waals surface area contributed by atoms with E-state index in [1.165, 1.54) is 19.3 Å². The molecule has 2 N–H and O–H groups in total. The Kier molecular flexibility index (Phi) is 4.37. The molecule has 1 saturated carbocycles. The minimum absolute atomic E-state index is 0.158. The average Bonchev–Trinajstić information content (AvgIpc) is 3.02. The molecule has 0 aliphatic heterocycles. The van der Waals surface area contributed by atoms with Gasteiger partial charge >= 0.3 is 6.03 Å². The zero-order valence-corrected chi connectivity index (χ0v) is 14.1. The third kappa shape index (κ3) is 3.36. The molecule has 1 aliphatic rings. The van der Waals surface area contributed by atoms with Gasteiger partial charge in [0.25, 0.3) is 0 Å². The smallest absolute Gasteiger partial charge is 0.320 e. The summed E-state index contributed by atoms with van der Waals surface area (Å²) < 4.78 is 1.92. The second-order valence-corrected chi connectivity index (χ2v) is 6.54. The summed E-state index contributed by atoms with van der Waals surface area (Å²) in [6, 6.07) is 15.9. The third-order valence-electron chi connectivity index (χ3n) is 4.75. The van der Waals surface area contributed by atoms with Gasteiger partial charge in [-0.2, -0.15) is 0 Å². The number of amides is 2. The van der Waals surface area contributed by atoms with Crippen molar-refractivity contribution in [3.63, 3.8) is 0 Å². The number of aromatic nitrogens is 2. The lowest BCUT2D eigenvalue weighted by Crippen LogP contribution is -2.39. The van der Waals surface area contributed by atoms with Gasteiger partial charge < -0.3 is 5.32 Å². The molecule has 1 aliphatic carbocycles. The van der Waals surface area contributed by atoms with Gasteiger partial charge in [0.1, 0.15) is 17.2 Å². The van der Waals surface area contributed by atoms with Gasteiger partial charge in [-0.25, -0.2) is 9.78 Å². The maximum atomic E-state index is 12.5. The maximum Gasteiger partial charge on any atom is 0.320 e. The first-order valence-electron chi connectivity index (χ1n) is 8.91. The van der Waals surface area contributed by atoms with Crippen molar-refractivity contribution in [3.05, 3.63) is 54.7 Å². The van der Waals surface area contributed by atoms with Crippen molar-refractivity contribution in [2.75, 3.05) is 5.32 Å². The Bertz CT molecular complexity index is 866. The second kappa shape index (κ2) is 6.97. The first kappa shape index (κ1) is 15.7. The first-order chi connectivity index (χ1) is 12.3. The summed E-state index contributed by atoms with van der Waals surface area (Å²) in [7, 11) is 0. The molecule has 25 heavy (non-hydrogen) atoms. The van der Waals surface area contributed by atoms with E-state index in [9.17, 15) is 4.79 Å². The molecule has 2 amide bonds. The average molecular weight is 334 g/mol. The van der Waals surface area contributed by atoms with Crippen LogP contribution in [0.2, 0.25) is 0 Å². The van der Waals surface area contributed by atoms with Crippen LogP contribution in [0.5, 0.6) is 0 Å². The van der Waals surface area contributed by atoms with E-state index in [1.54, 1.807) is 0 Å². The maximum absolute atomic E-state index is 12.5. The predicted molar refractivity (Wildman–Crippen MR) is 99.7 cm³/mol. The van der Waals surface area contributed by atoms with Gasteiger partial charge in [-0.3, -0.25) is 9.72 Å². The molecule has 4 rings (SSSR count). The SMILES string of the molecule is O=C(Nc1c(-c2ccccc2)nc2ccccn12)NC1CCCCC1. The minimum Gasteiger partial charge on any atom is -0.335 e. The Hall–Kier alpha value is -2.82. The van der Waals surface area contributed by atoms with Gasteiger partial charge in [-0.1, -0.05) is 55.7 Å². The van der Waals surface area contributed by atoms with Crippen LogP contribution >= 0.6 is 0 Å². The number of anilines is 1. The van der Waals surface area contributed by atoms with Crippen molar-refractivity contribution in [2.24, 2.45) is 0 Å². The fraction of sp³-hybridized carbons (Fsp3) is 0.300. The number of carbonyl (C=O) groups excluding carboxylic acids is 1. The van der Waals surface area contributed by atoms with Crippen LogP contribution < -0.4 is 10.6 Å². The highest BCUT2D eigenvalue weighted by atomic mass is 16.2. The summed E-state index contributed by atoms with van der Waals surface area (Å²) in [5.41, 5.74) is 2.58. The van der Waals surface area contributed by atoms with Gasteiger partial charge in [0.05, 0.1) is 0 Å². The molecule has 128 valence electrons. The van der Waals surface area contributed by atoms with E-state index < -0.39 is 0 Å². The number of hydrogen-bond acceptors (Lipinski definition) is 2. The molecular formula is C20H22N4O. The van der Waals surface area contributed by atoms with Crippen LogP contribution in [-0.2, 0) is 0 Å². The highest BCUT2D eigenvalue weighted by molar-refractivity contribution is 5.93. The van der Waals surface area contributed by atoms with E-state index in [-0.39, 0.29) is 12.1 Å². The third-order valence-corrected chi connectivity index (χ3v) is 4.75. The van der Waals surface area contributed by atoms with E-state index in [0.717, 1.165) is 29.7 Å². The van der Waals surface area contributed by atoms with E-state index in [1.807, 2.05) is 59.1 Å². The predicted octanol–water partition coefficient (Wildman–Crippen LogP) is 4.46. The molecule has 5 heteroatoms. The highest BCUT2D eigenvalue weighted by Gasteiger charge is 2.19.